The largest absolute Gasteiger partial charge is 0.370 e. The Balaban J connectivity index is 2.85. The quantitative estimate of drug-likeness (QED) is 0.799. The number of rotatable bonds is 6. The van der Waals surface area contributed by atoms with E-state index in [4.69, 9.17) is 11.6 Å². The molecule has 20 heavy (non-hydrogen) atoms. The smallest absolute Gasteiger partial charge is 0.253 e. The van der Waals surface area contributed by atoms with Crippen LogP contribution in [0.5, 0.6) is 0 Å². The molecule has 0 bridgehead atoms. The van der Waals surface area contributed by atoms with E-state index in [0.29, 0.717) is 17.9 Å². The highest BCUT2D eigenvalue weighted by Crippen LogP contribution is 2.15. The summed E-state index contributed by atoms with van der Waals surface area (Å²) in [7, 11) is -1.55. The molecule has 0 atom stereocenters. The third kappa shape index (κ3) is 5.34. The van der Waals surface area contributed by atoms with Crippen molar-refractivity contribution in [3.63, 3.8) is 0 Å². The molecular weight excluding hydrogens is 302 g/mol. The van der Waals surface area contributed by atoms with E-state index in [1.807, 2.05) is 6.92 Å². The van der Waals surface area contributed by atoms with Crippen molar-refractivity contribution in [3.05, 3.63) is 22.8 Å². The van der Waals surface area contributed by atoms with Crippen LogP contribution >= 0.6 is 11.6 Å². The maximum absolute atomic E-state index is 12.2. The summed E-state index contributed by atoms with van der Waals surface area (Å²) < 4.78 is 22.2. The van der Waals surface area contributed by atoms with Crippen LogP contribution in [0.2, 0.25) is 5.15 Å². The Morgan fingerprint density at radius 3 is 2.65 bits per heavy atom. The Labute approximate surface area is 124 Å². The van der Waals surface area contributed by atoms with Gasteiger partial charge in [-0.2, -0.15) is 0 Å². The monoisotopic (exact) mass is 319 g/mol. The van der Waals surface area contributed by atoms with Gasteiger partial charge in [0, 0.05) is 32.0 Å². The third-order valence-corrected chi connectivity index (χ3v) is 3.66. The first kappa shape index (κ1) is 16.7. The van der Waals surface area contributed by atoms with Crippen molar-refractivity contribution in [3.8, 4) is 0 Å². The number of hydrogen-bond acceptors (Lipinski definition) is 5. The molecule has 0 spiro atoms. The summed E-state index contributed by atoms with van der Waals surface area (Å²) in [5, 5.41) is 3.19. The van der Waals surface area contributed by atoms with Crippen molar-refractivity contribution in [2.45, 2.75) is 6.92 Å². The molecule has 0 saturated carbocycles. The topological polar surface area (TPSA) is 79.4 Å². The van der Waals surface area contributed by atoms with Gasteiger partial charge in [0.2, 0.25) is 0 Å². The van der Waals surface area contributed by atoms with Crippen LogP contribution in [0, 0.1) is 0 Å². The van der Waals surface area contributed by atoms with E-state index < -0.39 is 9.84 Å². The summed E-state index contributed by atoms with van der Waals surface area (Å²) >= 11 is 5.87. The normalized spacial score (nSPS) is 11.2. The molecule has 1 heterocycles. The molecule has 0 radical (unpaired) electrons. The minimum atomic E-state index is -3.10. The fourth-order valence-corrected chi connectivity index (χ4v) is 2.33. The summed E-state index contributed by atoms with van der Waals surface area (Å²) in [6.45, 7) is 2.70. The molecule has 1 amide bonds. The average Bonchev–Trinajstić information content (AvgIpc) is 2.34. The van der Waals surface area contributed by atoms with Gasteiger partial charge in [0.05, 0.1) is 5.75 Å². The predicted octanol–water partition coefficient (Wildman–Crippen LogP) is 1.28. The van der Waals surface area contributed by atoms with Gasteiger partial charge in [0.25, 0.3) is 5.91 Å². The van der Waals surface area contributed by atoms with Gasteiger partial charge in [0.1, 0.15) is 20.8 Å². The van der Waals surface area contributed by atoms with Crippen LogP contribution < -0.4 is 5.32 Å². The number of amides is 1. The Hall–Kier alpha value is -1.34. The van der Waals surface area contributed by atoms with Crippen LogP contribution in [0.3, 0.4) is 0 Å². The number of hydrogen-bond donors (Lipinski definition) is 1. The average molecular weight is 320 g/mol. The van der Waals surface area contributed by atoms with Crippen LogP contribution in [0.25, 0.3) is 0 Å². The molecule has 0 unspecified atom stereocenters. The highest BCUT2D eigenvalue weighted by molar-refractivity contribution is 7.90. The van der Waals surface area contributed by atoms with Gasteiger partial charge in [-0.1, -0.05) is 11.6 Å². The fourth-order valence-electron chi connectivity index (χ4n) is 1.52. The van der Waals surface area contributed by atoms with Crippen LogP contribution in [0.1, 0.15) is 17.3 Å². The molecule has 0 saturated heterocycles. The second-order valence-electron chi connectivity index (χ2n) is 4.45. The summed E-state index contributed by atoms with van der Waals surface area (Å²) in [6.07, 6.45) is 1.14. The molecule has 1 N–H and O–H groups in total. The molecular formula is C12H18ClN3O3S. The molecule has 0 aliphatic rings. The van der Waals surface area contributed by atoms with Crippen molar-refractivity contribution in [1.82, 2.24) is 9.88 Å². The van der Waals surface area contributed by atoms with Crippen molar-refractivity contribution in [1.29, 1.82) is 0 Å². The lowest BCUT2D eigenvalue weighted by molar-refractivity contribution is 0.0803. The Bertz CT molecular complexity index is 590. The lowest BCUT2D eigenvalue weighted by Crippen LogP contribution is -2.31. The second kappa shape index (κ2) is 6.90. The number of nitrogens with zero attached hydrogens (tertiary/aromatic N) is 2. The summed E-state index contributed by atoms with van der Waals surface area (Å²) in [5.74, 6) is 0.144. The number of anilines is 1. The molecule has 1 aromatic rings. The van der Waals surface area contributed by atoms with Gasteiger partial charge in [-0.15, -0.1) is 0 Å². The summed E-state index contributed by atoms with van der Waals surface area (Å²) in [6, 6.07) is 3.05. The first-order valence-electron chi connectivity index (χ1n) is 6.07. The van der Waals surface area contributed by atoms with Crippen molar-refractivity contribution < 1.29 is 13.2 Å². The van der Waals surface area contributed by atoms with Crippen molar-refractivity contribution in [2.24, 2.45) is 0 Å². The second-order valence-corrected chi connectivity index (χ2v) is 7.10. The van der Waals surface area contributed by atoms with Gasteiger partial charge in [-0.25, -0.2) is 13.4 Å². The zero-order valence-electron chi connectivity index (χ0n) is 11.7. The van der Waals surface area contributed by atoms with E-state index in [1.54, 1.807) is 13.1 Å². The van der Waals surface area contributed by atoms with Gasteiger partial charge >= 0.3 is 0 Å². The Kier molecular flexibility index (Phi) is 5.76. The summed E-state index contributed by atoms with van der Waals surface area (Å²) in [4.78, 5) is 17.6. The Morgan fingerprint density at radius 2 is 2.10 bits per heavy atom. The maximum Gasteiger partial charge on any atom is 0.253 e. The highest BCUT2D eigenvalue weighted by atomic mass is 35.5. The number of sulfone groups is 1. The minimum absolute atomic E-state index is 0.0753. The number of carbonyl (C=O) groups excluding carboxylic acids is 1. The number of carbonyl (C=O) groups is 1. The summed E-state index contributed by atoms with van der Waals surface area (Å²) in [5.41, 5.74) is 0.372. The maximum atomic E-state index is 12.2. The molecule has 0 fully saturated rings. The van der Waals surface area contributed by atoms with Crippen molar-refractivity contribution in [2.75, 3.05) is 37.5 Å². The van der Waals surface area contributed by atoms with E-state index in [2.05, 4.69) is 10.3 Å². The standard InChI is InChI=1S/C12H18ClN3O3S/c1-4-14-11-8-9(7-10(13)15-11)12(17)16(2)5-6-20(3,18)19/h7-8H,4-6H2,1-3H3,(H,14,15). The molecule has 0 aromatic carbocycles. The first-order chi connectivity index (χ1) is 9.23. The van der Waals surface area contributed by atoms with Gasteiger partial charge in [-0.05, 0) is 19.1 Å². The van der Waals surface area contributed by atoms with E-state index in [9.17, 15) is 13.2 Å². The first-order valence-corrected chi connectivity index (χ1v) is 8.51. The van der Waals surface area contributed by atoms with E-state index in [1.165, 1.54) is 11.0 Å². The van der Waals surface area contributed by atoms with Crippen LogP contribution in [0.4, 0.5) is 5.82 Å². The number of pyridine rings is 1. The van der Waals surface area contributed by atoms with Crippen molar-refractivity contribution >= 4 is 33.2 Å². The number of aromatic nitrogens is 1. The molecule has 6 nitrogen and oxygen atoms in total. The number of halogens is 1. The number of nitrogens with one attached hydrogen (secondary N) is 1. The molecule has 112 valence electrons. The molecule has 8 heteroatoms. The van der Waals surface area contributed by atoms with E-state index >= 15 is 0 Å². The lowest BCUT2D eigenvalue weighted by atomic mass is 10.2. The molecule has 0 aliphatic carbocycles. The lowest BCUT2D eigenvalue weighted by Gasteiger charge is -2.17. The zero-order valence-corrected chi connectivity index (χ0v) is 13.3. The molecule has 0 aliphatic heterocycles. The van der Waals surface area contributed by atoms with Crippen LogP contribution in [0.15, 0.2) is 12.1 Å². The molecule has 1 aromatic heterocycles. The van der Waals surface area contributed by atoms with Gasteiger partial charge in [-0.3, -0.25) is 4.79 Å². The fraction of sp³-hybridized carbons (Fsp3) is 0.500. The third-order valence-electron chi connectivity index (χ3n) is 2.54. The zero-order chi connectivity index (χ0) is 15.3. The highest BCUT2D eigenvalue weighted by Gasteiger charge is 2.15. The van der Waals surface area contributed by atoms with E-state index in [0.717, 1.165) is 6.26 Å². The predicted molar refractivity (Wildman–Crippen MR) is 80.1 cm³/mol. The van der Waals surface area contributed by atoms with Crippen LogP contribution in [-0.2, 0) is 9.84 Å². The Morgan fingerprint density at radius 1 is 1.45 bits per heavy atom. The van der Waals surface area contributed by atoms with Gasteiger partial charge in [0.15, 0.2) is 0 Å². The van der Waals surface area contributed by atoms with Gasteiger partial charge < -0.3 is 10.2 Å². The minimum Gasteiger partial charge on any atom is -0.370 e. The van der Waals surface area contributed by atoms with E-state index in [-0.39, 0.29) is 23.4 Å². The molecule has 1 rings (SSSR count). The SMILES string of the molecule is CCNc1cc(C(=O)N(C)CCS(C)(=O)=O)cc(Cl)n1. The van der Waals surface area contributed by atoms with Crippen LogP contribution in [-0.4, -0.2) is 56.4 Å².